The van der Waals surface area contributed by atoms with Gasteiger partial charge in [-0.05, 0) is 32.0 Å². The number of hydrogen-bond donors (Lipinski definition) is 1. The molecule has 3 heterocycles. The van der Waals surface area contributed by atoms with Crippen molar-refractivity contribution in [3.8, 4) is 17.5 Å². The van der Waals surface area contributed by atoms with Gasteiger partial charge in [0.2, 0.25) is 0 Å². The molecule has 4 aromatic rings. The molecule has 1 N–H and O–H groups in total. The average molecular weight is 360 g/mol. The van der Waals surface area contributed by atoms with Crippen molar-refractivity contribution in [3.05, 3.63) is 58.8 Å². The van der Waals surface area contributed by atoms with Crippen LogP contribution in [0.2, 0.25) is 0 Å². The van der Waals surface area contributed by atoms with Gasteiger partial charge in [-0.25, -0.2) is 9.97 Å². The monoisotopic (exact) mass is 360 g/mol. The predicted octanol–water partition coefficient (Wildman–Crippen LogP) is 3.74. The quantitative estimate of drug-likeness (QED) is 0.566. The molecule has 26 heavy (non-hydrogen) atoms. The lowest BCUT2D eigenvalue weighted by molar-refractivity contribution is 0.966. The summed E-state index contributed by atoms with van der Waals surface area (Å²) in [6, 6.07) is 9.70. The van der Waals surface area contributed by atoms with Gasteiger partial charge in [0.05, 0.1) is 23.1 Å². The molecular weight excluding hydrogens is 344 g/mol. The van der Waals surface area contributed by atoms with Crippen molar-refractivity contribution in [2.75, 3.05) is 11.9 Å². The van der Waals surface area contributed by atoms with Gasteiger partial charge in [-0.15, -0.1) is 17.3 Å². The van der Waals surface area contributed by atoms with E-state index in [1.165, 1.54) is 11.3 Å². The molecule has 6 heteroatoms. The lowest BCUT2D eigenvalue weighted by atomic mass is 10.2. The van der Waals surface area contributed by atoms with Crippen molar-refractivity contribution in [2.24, 2.45) is 0 Å². The zero-order chi connectivity index (χ0) is 18.1. The Hall–Kier alpha value is -3.17. The van der Waals surface area contributed by atoms with Gasteiger partial charge >= 0.3 is 0 Å². The molecular formula is C20H16N4OS. The van der Waals surface area contributed by atoms with E-state index in [0.717, 1.165) is 27.2 Å². The summed E-state index contributed by atoms with van der Waals surface area (Å²) >= 11 is 1.37. The highest BCUT2D eigenvalue weighted by atomic mass is 32.1. The minimum atomic E-state index is -0.0823. The van der Waals surface area contributed by atoms with Crippen LogP contribution in [0.5, 0.6) is 0 Å². The van der Waals surface area contributed by atoms with Gasteiger partial charge in [-0.3, -0.25) is 9.36 Å². The first-order chi connectivity index (χ1) is 12.7. The fraction of sp³-hybridized carbons (Fsp3) is 0.150. The number of rotatable bonds is 3. The first-order valence-corrected chi connectivity index (χ1v) is 9.00. The number of fused-ring (bicyclic) bond motifs is 3. The Morgan fingerprint density at radius 2 is 2.00 bits per heavy atom. The molecule has 0 bridgehead atoms. The summed E-state index contributed by atoms with van der Waals surface area (Å²) in [5.74, 6) is 5.85. The summed E-state index contributed by atoms with van der Waals surface area (Å²) in [4.78, 5) is 22.8. The predicted molar refractivity (Wildman–Crippen MR) is 107 cm³/mol. The molecule has 3 aromatic heterocycles. The molecule has 5 nitrogen and oxygen atoms in total. The van der Waals surface area contributed by atoms with Crippen LogP contribution in [0.3, 0.4) is 0 Å². The summed E-state index contributed by atoms with van der Waals surface area (Å²) in [6.45, 7) is 4.36. The van der Waals surface area contributed by atoms with Gasteiger partial charge in [-0.2, -0.15) is 0 Å². The van der Waals surface area contributed by atoms with Gasteiger partial charge < -0.3 is 5.32 Å². The van der Waals surface area contributed by atoms with E-state index in [2.05, 4.69) is 27.1 Å². The van der Waals surface area contributed by atoms with E-state index in [1.807, 2.05) is 37.3 Å². The lowest BCUT2D eigenvalue weighted by Gasteiger charge is -2.06. The third-order valence-corrected chi connectivity index (χ3v) is 5.21. The second-order valence-corrected chi connectivity index (χ2v) is 6.85. The number of nitrogens with zero attached hydrogens (tertiary/aromatic N) is 3. The number of aromatic nitrogens is 3. The molecule has 0 aliphatic rings. The van der Waals surface area contributed by atoms with E-state index in [9.17, 15) is 4.79 Å². The smallest absolute Gasteiger partial charge is 0.275 e. The maximum absolute atomic E-state index is 13.0. The molecule has 0 aliphatic carbocycles. The molecule has 0 saturated heterocycles. The number of nitrogens with one attached hydrogen (secondary N) is 1. The summed E-state index contributed by atoms with van der Waals surface area (Å²) in [6.07, 6.45) is 3.32. The Morgan fingerprint density at radius 3 is 2.77 bits per heavy atom. The van der Waals surface area contributed by atoms with Gasteiger partial charge in [0.15, 0.2) is 0 Å². The van der Waals surface area contributed by atoms with Crippen molar-refractivity contribution >= 4 is 37.5 Å². The third-order valence-electron chi connectivity index (χ3n) is 4.14. The van der Waals surface area contributed by atoms with Crippen LogP contribution in [-0.2, 0) is 0 Å². The first-order valence-electron chi connectivity index (χ1n) is 8.18. The van der Waals surface area contributed by atoms with Crippen molar-refractivity contribution in [3.63, 3.8) is 0 Å². The van der Waals surface area contributed by atoms with Crippen LogP contribution in [0.25, 0.3) is 26.1 Å². The van der Waals surface area contributed by atoms with Gasteiger partial charge in [0.1, 0.15) is 15.9 Å². The standard InChI is InChI=1S/C20H16N4OS/c1-3-4-10-21-15-9-11-22-19-16(15)17-18(26-19)20(25)24(12-23-17)14-7-5-13(2)6-8-14/h5-9,11-12H,10H2,1-2H3,(H,21,22). The molecule has 0 fully saturated rings. The van der Waals surface area contributed by atoms with Crippen LogP contribution in [0.1, 0.15) is 12.5 Å². The van der Waals surface area contributed by atoms with Crippen molar-refractivity contribution in [2.45, 2.75) is 13.8 Å². The Morgan fingerprint density at radius 1 is 1.19 bits per heavy atom. The highest BCUT2D eigenvalue weighted by Crippen LogP contribution is 2.34. The highest BCUT2D eigenvalue weighted by molar-refractivity contribution is 7.25. The van der Waals surface area contributed by atoms with Gasteiger partial charge in [0, 0.05) is 11.9 Å². The molecule has 1 aromatic carbocycles. The fourth-order valence-corrected chi connectivity index (χ4v) is 3.87. The molecule has 0 amide bonds. The number of anilines is 1. The topological polar surface area (TPSA) is 59.8 Å². The van der Waals surface area contributed by atoms with Crippen LogP contribution in [-0.4, -0.2) is 21.1 Å². The van der Waals surface area contributed by atoms with Crippen molar-refractivity contribution < 1.29 is 0 Å². The van der Waals surface area contributed by atoms with Gasteiger partial charge in [0.25, 0.3) is 5.56 Å². The lowest BCUT2D eigenvalue weighted by Crippen LogP contribution is -2.17. The maximum Gasteiger partial charge on any atom is 0.275 e. The largest absolute Gasteiger partial charge is 0.373 e. The number of aryl methyl sites for hydroxylation is 1. The van der Waals surface area contributed by atoms with Crippen LogP contribution in [0.15, 0.2) is 47.7 Å². The van der Waals surface area contributed by atoms with Crippen molar-refractivity contribution in [1.82, 2.24) is 14.5 Å². The summed E-state index contributed by atoms with van der Waals surface area (Å²) < 4.78 is 2.18. The van der Waals surface area contributed by atoms with E-state index in [-0.39, 0.29) is 5.56 Å². The minimum Gasteiger partial charge on any atom is -0.373 e. The Kier molecular flexibility index (Phi) is 4.15. The van der Waals surface area contributed by atoms with Crippen LogP contribution in [0, 0.1) is 18.8 Å². The minimum absolute atomic E-state index is 0.0823. The zero-order valence-corrected chi connectivity index (χ0v) is 15.2. The Balaban J connectivity index is 1.91. The molecule has 0 saturated carbocycles. The van der Waals surface area contributed by atoms with Crippen LogP contribution < -0.4 is 10.9 Å². The fourth-order valence-electron chi connectivity index (χ4n) is 2.82. The second kappa shape index (κ2) is 6.62. The molecule has 0 aliphatic heterocycles. The summed E-state index contributed by atoms with van der Waals surface area (Å²) in [7, 11) is 0. The normalized spacial score (nSPS) is 10.7. The maximum atomic E-state index is 13.0. The average Bonchev–Trinajstić information content (AvgIpc) is 3.04. The SMILES string of the molecule is CC#CCNc1ccnc2sc3c(=O)n(-c4ccc(C)cc4)cnc3c12. The van der Waals surface area contributed by atoms with Gasteiger partial charge in [-0.1, -0.05) is 23.6 Å². The van der Waals surface area contributed by atoms with E-state index < -0.39 is 0 Å². The highest BCUT2D eigenvalue weighted by Gasteiger charge is 2.15. The Labute approximate surface area is 154 Å². The number of hydrogen-bond acceptors (Lipinski definition) is 5. The molecule has 0 radical (unpaired) electrons. The van der Waals surface area contributed by atoms with E-state index in [4.69, 9.17) is 0 Å². The molecule has 0 unspecified atom stereocenters. The Bertz CT molecular complexity index is 1230. The number of thiophene rings is 1. The molecule has 4 rings (SSSR count). The van der Waals surface area contributed by atoms with Crippen molar-refractivity contribution in [1.29, 1.82) is 0 Å². The molecule has 128 valence electrons. The third kappa shape index (κ3) is 2.72. The first kappa shape index (κ1) is 16.3. The summed E-state index contributed by atoms with van der Waals surface area (Å²) in [5.41, 5.74) is 3.44. The van der Waals surface area contributed by atoms with Crippen LogP contribution in [0.4, 0.5) is 5.69 Å². The zero-order valence-electron chi connectivity index (χ0n) is 14.4. The second-order valence-electron chi connectivity index (χ2n) is 5.85. The van der Waals surface area contributed by atoms with Crippen LogP contribution >= 0.6 is 11.3 Å². The van der Waals surface area contributed by atoms with E-state index >= 15 is 0 Å². The summed E-state index contributed by atoms with van der Waals surface area (Å²) in [5, 5.41) is 4.16. The number of pyridine rings is 1. The number of benzene rings is 1. The molecule has 0 spiro atoms. The van der Waals surface area contributed by atoms with E-state index in [1.54, 1.807) is 24.0 Å². The molecule has 0 atom stereocenters. The van der Waals surface area contributed by atoms with E-state index in [0.29, 0.717) is 16.8 Å².